The lowest BCUT2D eigenvalue weighted by atomic mass is 10.2. The molecule has 18 heavy (non-hydrogen) atoms. The van der Waals surface area contributed by atoms with Gasteiger partial charge in [-0.1, -0.05) is 31.1 Å². The fraction of sp³-hybridized carbons (Fsp3) is 0.750. The first-order chi connectivity index (χ1) is 8.78. The second-order valence-electron chi connectivity index (χ2n) is 4.59. The molecule has 5 nitrogen and oxygen atoms in total. The first kappa shape index (κ1) is 13.4. The highest BCUT2D eigenvalue weighted by Crippen LogP contribution is 2.15. The molecule has 0 saturated carbocycles. The number of nitrogens with one attached hydrogen (secondary N) is 1. The van der Waals surface area contributed by atoms with Gasteiger partial charge >= 0.3 is 0 Å². The number of carbonyl (C=O) groups excluding carboxylic acids is 1. The van der Waals surface area contributed by atoms with Crippen molar-refractivity contribution in [2.75, 3.05) is 25.0 Å². The number of nitrogens with zero attached hydrogens (tertiary/aromatic N) is 3. The van der Waals surface area contributed by atoms with Crippen LogP contribution in [0.2, 0.25) is 0 Å². The van der Waals surface area contributed by atoms with Gasteiger partial charge in [0.2, 0.25) is 11.0 Å². The Labute approximate surface area is 112 Å². The maximum atomic E-state index is 11.9. The van der Waals surface area contributed by atoms with Gasteiger partial charge in [-0.15, -0.1) is 10.2 Å². The maximum Gasteiger partial charge on any atom is 0.240 e. The van der Waals surface area contributed by atoms with Crippen LogP contribution in [-0.4, -0.2) is 40.6 Å². The van der Waals surface area contributed by atoms with E-state index >= 15 is 0 Å². The summed E-state index contributed by atoms with van der Waals surface area (Å²) in [6.45, 7) is 4.57. The highest BCUT2D eigenvalue weighted by molar-refractivity contribution is 7.15. The molecule has 1 fully saturated rings. The van der Waals surface area contributed by atoms with Gasteiger partial charge in [-0.2, -0.15) is 0 Å². The fourth-order valence-electron chi connectivity index (χ4n) is 2.10. The number of hydrogen-bond donors (Lipinski definition) is 1. The summed E-state index contributed by atoms with van der Waals surface area (Å²) in [6, 6.07) is 0. The SMILES string of the molecule is CCc1nnc(NC(=O)CN2CCCCCC2)s1. The van der Waals surface area contributed by atoms with Crippen LogP contribution in [0, 0.1) is 0 Å². The lowest BCUT2D eigenvalue weighted by Crippen LogP contribution is -2.33. The minimum Gasteiger partial charge on any atom is -0.299 e. The van der Waals surface area contributed by atoms with Crippen LogP contribution in [0.4, 0.5) is 5.13 Å². The molecule has 2 rings (SSSR count). The average molecular weight is 268 g/mol. The van der Waals surface area contributed by atoms with Crippen LogP contribution in [0.15, 0.2) is 0 Å². The van der Waals surface area contributed by atoms with E-state index in [1.807, 2.05) is 6.92 Å². The summed E-state index contributed by atoms with van der Waals surface area (Å²) < 4.78 is 0. The van der Waals surface area contributed by atoms with Crippen LogP contribution < -0.4 is 5.32 Å². The molecular formula is C12H20N4OS. The van der Waals surface area contributed by atoms with Gasteiger partial charge in [0.15, 0.2) is 0 Å². The molecule has 0 spiro atoms. The molecule has 100 valence electrons. The molecule has 1 aromatic rings. The third-order valence-corrected chi connectivity index (χ3v) is 4.06. The van der Waals surface area contributed by atoms with Crippen molar-refractivity contribution in [3.05, 3.63) is 5.01 Å². The monoisotopic (exact) mass is 268 g/mol. The predicted octanol–water partition coefficient (Wildman–Crippen LogP) is 1.91. The van der Waals surface area contributed by atoms with Gasteiger partial charge in [0, 0.05) is 0 Å². The highest BCUT2D eigenvalue weighted by Gasteiger charge is 2.14. The van der Waals surface area contributed by atoms with E-state index in [2.05, 4.69) is 20.4 Å². The summed E-state index contributed by atoms with van der Waals surface area (Å²) in [5, 5.41) is 12.4. The second kappa shape index (κ2) is 6.80. The molecule has 1 aliphatic heterocycles. The van der Waals surface area contributed by atoms with Gasteiger partial charge in [0.25, 0.3) is 0 Å². The third kappa shape index (κ3) is 4.03. The van der Waals surface area contributed by atoms with E-state index in [1.165, 1.54) is 37.0 Å². The van der Waals surface area contributed by atoms with Gasteiger partial charge in [-0.25, -0.2) is 0 Å². The first-order valence-electron chi connectivity index (χ1n) is 6.62. The minimum atomic E-state index is 0.0238. The van der Waals surface area contributed by atoms with Crippen molar-refractivity contribution < 1.29 is 4.79 Å². The lowest BCUT2D eigenvalue weighted by molar-refractivity contribution is -0.117. The molecule has 1 N–H and O–H groups in total. The highest BCUT2D eigenvalue weighted by atomic mass is 32.1. The first-order valence-corrected chi connectivity index (χ1v) is 7.44. The van der Waals surface area contributed by atoms with E-state index in [-0.39, 0.29) is 5.91 Å². The largest absolute Gasteiger partial charge is 0.299 e. The zero-order chi connectivity index (χ0) is 12.8. The summed E-state index contributed by atoms with van der Waals surface area (Å²) >= 11 is 1.45. The van der Waals surface area contributed by atoms with Gasteiger partial charge in [0.1, 0.15) is 5.01 Å². The maximum absolute atomic E-state index is 11.9. The topological polar surface area (TPSA) is 58.1 Å². The molecule has 0 radical (unpaired) electrons. The summed E-state index contributed by atoms with van der Waals surface area (Å²) in [4.78, 5) is 14.1. The zero-order valence-corrected chi connectivity index (χ0v) is 11.6. The molecule has 1 saturated heterocycles. The number of anilines is 1. The molecule has 1 aromatic heterocycles. The Bertz CT molecular complexity index is 385. The lowest BCUT2D eigenvalue weighted by Gasteiger charge is -2.18. The molecule has 0 aromatic carbocycles. The number of hydrogen-bond acceptors (Lipinski definition) is 5. The Morgan fingerprint density at radius 1 is 1.28 bits per heavy atom. The normalized spacial score (nSPS) is 17.4. The van der Waals surface area contributed by atoms with E-state index in [9.17, 15) is 4.79 Å². The number of likely N-dealkylation sites (tertiary alicyclic amines) is 1. The Morgan fingerprint density at radius 2 is 2.00 bits per heavy atom. The molecule has 6 heteroatoms. The van der Waals surface area contributed by atoms with E-state index in [0.717, 1.165) is 24.5 Å². The molecule has 1 aliphatic rings. The fourth-order valence-corrected chi connectivity index (χ4v) is 2.80. The van der Waals surface area contributed by atoms with Crippen molar-refractivity contribution in [3.63, 3.8) is 0 Å². The standard InChI is InChI=1S/C12H20N4OS/c1-2-11-14-15-12(18-11)13-10(17)9-16-7-5-3-4-6-8-16/h2-9H2,1H3,(H,13,15,17). The van der Waals surface area contributed by atoms with Crippen molar-refractivity contribution in [2.45, 2.75) is 39.0 Å². The predicted molar refractivity (Wildman–Crippen MR) is 72.8 cm³/mol. The van der Waals surface area contributed by atoms with Crippen LogP contribution in [0.25, 0.3) is 0 Å². The number of carbonyl (C=O) groups is 1. The van der Waals surface area contributed by atoms with E-state index < -0.39 is 0 Å². The van der Waals surface area contributed by atoms with E-state index in [1.54, 1.807) is 0 Å². The molecular weight excluding hydrogens is 248 g/mol. The molecule has 1 amide bonds. The molecule has 0 bridgehead atoms. The summed E-state index contributed by atoms with van der Waals surface area (Å²) in [5.41, 5.74) is 0. The van der Waals surface area contributed by atoms with Crippen molar-refractivity contribution >= 4 is 22.4 Å². The van der Waals surface area contributed by atoms with Gasteiger partial charge in [-0.3, -0.25) is 15.0 Å². The van der Waals surface area contributed by atoms with Gasteiger partial charge < -0.3 is 0 Å². The number of aryl methyl sites for hydroxylation is 1. The van der Waals surface area contributed by atoms with Crippen molar-refractivity contribution in [3.8, 4) is 0 Å². The minimum absolute atomic E-state index is 0.0238. The van der Waals surface area contributed by atoms with E-state index in [0.29, 0.717) is 11.7 Å². The Morgan fingerprint density at radius 3 is 2.61 bits per heavy atom. The summed E-state index contributed by atoms with van der Waals surface area (Å²) in [5.74, 6) is 0.0238. The van der Waals surface area contributed by atoms with Gasteiger partial charge in [-0.05, 0) is 32.4 Å². The Kier molecular flexibility index (Phi) is 5.07. The Hall–Kier alpha value is -1.01. The van der Waals surface area contributed by atoms with Gasteiger partial charge in [0.05, 0.1) is 6.54 Å². The number of amides is 1. The van der Waals surface area contributed by atoms with Crippen LogP contribution in [0.3, 0.4) is 0 Å². The zero-order valence-electron chi connectivity index (χ0n) is 10.8. The number of rotatable bonds is 4. The van der Waals surface area contributed by atoms with E-state index in [4.69, 9.17) is 0 Å². The number of aromatic nitrogens is 2. The quantitative estimate of drug-likeness (QED) is 0.906. The van der Waals surface area contributed by atoms with Crippen LogP contribution in [-0.2, 0) is 11.2 Å². The molecule has 0 aliphatic carbocycles. The second-order valence-corrected chi connectivity index (χ2v) is 5.66. The average Bonchev–Trinajstić information content (AvgIpc) is 2.65. The van der Waals surface area contributed by atoms with Crippen LogP contribution in [0.5, 0.6) is 0 Å². The summed E-state index contributed by atoms with van der Waals surface area (Å²) in [6.07, 6.45) is 5.83. The Balaban J connectivity index is 1.80. The molecule has 0 atom stereocenters. The molecule has 2 heterocycles. The van der Waals surface area contributed by atoms with Crippen LogP contribution >= 0.6 is 11.3 Å². The van der Waals surface area contributed by atoms with Crippen LogP contribution in [0.1, 0.15) is 37.6 Å². The van der Waals surface area contributed by atoms with Crippen molar-refractivity contribution in [1.29, 1.82) is 0 Å². The van der Waals surface area contributed by atoms with Crippen molar-refractivity contribution in [2.24, 2.45) is 0 Å². The van der Waals surface area contributed by atoms with Crippen molar-refractivity contribution in [1.82, 2.24) is 15.1 Å². The summed E-state index contributed by atoms with van der Waals surface area (Å²) in [7, 11) is 0. The third-order valence-electron chi connectivity index (χ3n) is 3.08. The molecule has 0 unspecified atom stereocenters. The smallest absolute Gasteiger partial charge is 0.240 e.